The molecule has 0 spiro atoms. The lowest BCUT2D eigenvalue weighted by Crippen LogP contribution is -2.03. The lowest BCUT2D eigenvalue weighted by molar-refractivity contribution is 1.02. The van der Waals surface area contributed by atoms with Gasteiger partial charge in [-0.2, -0.15) is 0 Å². The first-order chi connectivity index (χ1) is 25.3. The van der Waals surface area contributed by atoms with E-state index < -0.39 is 0 Å². The SMILES string of the molecule is c1ccc(-c2cc(-c3ccccc3)cc(-c3nc(-n4c5ccccc5c5cc6sc7ccccc7c6cc54)nc4c3sc3ccccc34)c2)cc1. The average Bonchev–Trinajstić information content (AvgIpc) is 3.86. The van der Waals surface area contributed by atoms with E-state index in [1.165, 1.54) is 46.8 Å². The second kappa shape index (κ2) is 11.2. The van der Waals surface area contributed by atoms with Gasteiger partial charge in [0.2, 0.25) is 5.95 Å². The summed E-state index contributed by atoms with van der Waals surface area (Å²) in [6.45, 7) is 0. The molecule has 0 bridgehead atoms. The van der Waals surface area contributed by atoms with Crippen molar-refractivity contribution >= 4 is 85.0 Å². The number of fused-ring (bicyclic) bond motifs is 9. The van der Waals surface area contributed by atoms with Crippen LogP contribution in [0, 0.1) is 0 Å². The van der Waals surface area contributed by atoms with E-state index in [-0.39, 0.29) is 0 Å². The number of para-hydroxylation sites is 1. The Morgan fingerprint density at radius 3 is 1.69 bits per heavy atom. The van der Waals surface area contributed by atoms with Crippen LogP contribution in [0.15, 0.2) is 164 Å². The molecule has 51 heavy (non-hydrogen) atoms. The molecule has 4 heterocycles. The minimum atomic E-state index is 0.678. The van der Waals surface area contributed by atoms with E-state index in [1.54, 1.807) is 11.3 Å². The van der Waals surface area contributed by atoms with Gasteiger partial charge in [0, 0.05) is 46.6 Å². The highest BCUT2D eigenvalue weighted by atomic mass is 32.1. The Labute approximate surface area is 301 Å². The minimum Gasteiger partial charge on any atom is -0.278 e. The Balaban J connectivity index is 1.25. The highest BCUT2D eigenvalue weighted by molar-refractivity contribution is 7.26. The second-order valence-electron chi connectivity index (χ2n) is 13.0. The minimum absolute atomic E-state index is 0.678. The van der Waals surface area contributed by atoms with Crippen LogP contribution in [0.4, 0.5) is 0 Å². The number of thiophene rings is 2. The van der Waals surface area contributed by atoms with Crippen LogP contribution in [0.3, 0.4) is 0 Å². The first-order valence-corrected chi connectivity index (χ1v) is 18.7. The van der Waals surface area contributed by atoms with Crippen molar-refractivity contribution in [3.63, 3.8) is 0 Å². The third kappa shape index (κ3) is 4.49. The molecule has 5 heteroatoms. The molecule has 0 aliphatic carbocycles. The van der Waals surface area contributed by atoms with Gasteiger partial charge in [-0.15, -0.1) is 22.7 Å². The predicted octanol–water partition coefficient (Wildman–Crippen LogP) is 13.3. The molecule has 0 aliphatic rings. The monoisotopic (exact) mass is 685 g/mol. The maximum absolute atomic E-state index is 5.57. The van der Waals surface area contributed by atoms with Crippen LogP contribution in [0.2, 0.25) is 0 Å². The van der Waals surface area contributed by atoms with Crippen LogP contribution in [0.1, 0.15) is 0 Å². The zero-order chi connectivity index (χ0) is 33.5. The Bertz CT molecular complexity index is 3080. The molecule has 4 aromatic heterocycles. The molecule has 0 saturated heterocycles. The number of hydrogen-bond donors (Lipinski definition) is 0. The van der Waals surface area contributed by atoms with Gasteiger partial charge in [0.1, 0.15) is 0 Å². The molecule has 11 aromatic rings. The standard InChI is InChI=1S/C46H27N3S2/c1-3-13-28(14-4-1)30-23-31(29-15-5-2-6-16-29)25-32(24-30)43-45-44(35-19-9-12-22-41(35)51-45)48-46(47-43)49-38-20-10-7-17-33(38)36-27-42-37(26-39(36)49)34-18-8-11-21-40(34)50-42/h1-27H. The maximum atomic E-state index is 5.57. The fourth-order valence-corrected chi connectivity index (χ4v) is 9.92. The number of rotatable bonds is 4. The molecule has 0 fully saturated rings. The molecular weight excluding hydrogens is 659 g/mol. The van der Waals surface area contributed by atoms with E-state index in [4.69, 9.17) is 9.97 Å². The van der Waals surface area contributed by atoms with Crippen molar-refractivity contribution in [2.24, 2.45) is 0 Å². The smallest absolute Gasteiger partial charge is 0.235 e. The Kier molecular flexibility index (Phi) is 6.29. The zero-order valence-electron chi connectivity index (χ0n) is 27.2. The molecule has 7 aromatic carbocycles. The lowest BCUT2D eigenvalue weighted by atomic mass is 9.95. The Morgan fingerprint density at radius 2 is 0.961 bits per heavy atom. The van der Waals surface area contributed by atoms with Gasteiger partial charge in [0.25, 0.3) is 0 Å². The molecule has 0 radical (unpaired) electrons. The van der Waals surface area contributed by atoms with E-state index in [1.807, 2.05) is 11.3 Å². The topological polar surface area (TPSA) is 30.7 Å². The van der Waals surface area contributed by atoms with Crippen molar-refractivity contribution in [3.8, 4) is 39.5 Å². The number of aromatic nitrogens is 3. The van der Waals surface area contributed by atoms with Crippen molar-refractivity contribution in [3.05, 3.63) is 164 Å². The second-order valence-corrected chi connectivity index (χ2v) is 15.1. The van der Waals surface area contributed by atoms with Crippen molar-refractivity contribution in [2.45, 2.75) is 0 Å². The molecule has 0 atom stereocenters. The molecule has 0 unspecified atom stereocenters. The van der Waals surface area contributed by atoms with E-state index in [2.05, 4.69) is 168 Å². The predicted molar refractivity (Wildman–Crippen MR) is 218 cm³/mol. The summed E-state index contributed by atoms with van der Waals surface area (Å²) in [5.74, 6) is 0.678. The highest BCUT2D eigenvalue weighted by Crippen LogP contribution is 2.43. The van der Waals surface area contributed by atoms with Gasteiger partial charge in [-0.25, -0.2) is 9.97 Å². The molecule has 0 N–H and O–H groups in total. The third-order valence-electron chi connectivity index (χ3n) is 10.00. The Morgan fingerprint density at radius 1 is 0.373 bits per heavy atom. The fourth-order valence-electron chi connectivity index (χ4n) is 7.64. The van der Waals surface area contributed by atoms with Crippen LogP contribution in [-0.2, 0) is 0 Å². The van der Waals surface area contributed by atoms with Gasteiger partial charge in [-0.05, 0) is 70.8 Å². The molecule has 238 valence electrons. The van der Waals surface area contributed by atoms with E-state index in [0.29, 0.717) is 5.95 Å². The van der Waals surface area contributed by atoms with Crippen LogP contribution >= 0.6 is 22.7 Å². The summed E-state index contributed by atoms with van der Waals surface area (Å²) >= 11 is 3.63. The zero-order valence-corrected chi connectivity index (χ0v) is 28.9. The van der Waals surface area contributed by atoms with E-state index >= 15 is 0 Å². The van der Waals surface area contributed by atoms with Gasteiger partial charge in [-0.1, -0.05) is 115 Å². The van der Waals surface area contributed by atoms with Crippen molar-refractivity contribution < 1.29 is 0 Å². The lowest BCUT2D eigenvalue weighted by Gasteiger charge is -2.13. The van der Waals surface area contributed by atoms with E-state index in [9.17, 15) is 0 Å². The van der Waals surface area contributed by atoms with Crippen molar-refractivity contribution in [1.29, 1.82) is 0 Å². The van der Waals surface area contributed by atoms with Gasteiger partial charge in [0.15, 0.2) is 0 Å². The summed E-state index contributed by atoms with van der Waals surface area (Å²) in [5, 5.41) is 6.10. The fraction of sp³-hybridized carbons (Fsp3) is 0. The normalized spacial score (nSPS) is 11.9. The molecule has 11 rings (SSSR count). The van der Waals surface area contributed by atoms with Crippen LogP contribution in [-0.4, -0.2) is 14.5 Å². The van der Waals surface area contributed by atoms with Crippen LogP contribution < -0.4 is 0 Å². The van der Waals surface area contributed by atoms with Crippen molar-refractivity contribution in [2.75, 3.05) is 0 Å². The number of hydrogen-bond acceptors (Lipinski definition) is 4. The summed E-state index contributed by atoms with van der Waals surface area (Å²) in [4.78, 5) is 11.0. The molecule has 0 amide bonds. The van der Waals surface area contributed by atoms with Gasteiger partial charge in [0.05, 0.1) is 26.9 Å². The summed E-state index contributed by atoms with van der Waals surface area (Å²) in [5.41, 5.74) is 9.87. The summed E-state index contributed by atoms with van der Waals surface area (Å²) in [6, 6.07) is 58.9. The molecule has 0 aliphatic heterocycles. The molecule has 3 nitrogen and oxygen atoms in total. The third-order valence-corrected chi connectivity index (χ3v) is 12.3. The van der Waals surface area contributed by atoms with E-state index in [0.717, 1.165) is 49.0 Å². The number of nitrogens with zero attached hydrogens (tertiary/aromatic N) is 3. The summed E-state index contributed by atoms with van der Waals surface area (Å²) in [7, 11) is 0. The van der Waals surface area contributed by atoms with Crippen LogP contribution in [0.5, 0.6) is 0 Å². The van der Waals surface area contributed by atoms with Gasteiger partial charge in [-0.3, -0.25) is 4.57 Å². The summed E-state index contributed by atoms with van der Waals surface area (Å²) in [6.07, 6.45) is 0. The first kappa shape index (κ1) is 28.7. The van der Waals surface area contributed by atoms with Crippen LogP contribution in [0.25, 0.3) is 102 Å². The van der Waals surface area contributed by atoms with Gasteiger partial charge >= 0.3 is 0 Å². The quantitative estimate of drug-likeness (QED) is 0.185. The summed E-state index contributed by atoms with van der Waals surface area (Å²) < 4.78 is 7.17. The first-order valence-electron chi connectivity index (χ1n) is 17.1. The molecule has 0 saturated carbocycles. The Hall–Kier alpha value is -6.14. The molecular formula is C46H27N3S2. The van der Waals surface area contributed by atoms with Gasteiger partial charge < -0.3 is 0 Å². The van der Waals surface area contributed by atoms with Crippen molar-refractivity contribution in [1.82, 2.24) is 14.5 Å². The highest BCUT2D eigenvalue weighted by Gasteiger charge is 2.22. The average molecular weight is 686 g/mol. The maximum Gasteiger partial charge on any atom is 0.235 e. The number of benzene rings is 7. The largest absolute Gasteiger partial charge is 0.278 e.